The summed E-state index contributed by atoms with van der Waals surface area (Å²) >= 11 is -2.04. The normalized spacial score (nSPS) is 14.0. The monoisotopic (exact) mass is 420 g/mol. The Morgan fingerprint density at radius 3 is 2.32 bits per heavy atom. The third kappa shape index (κ3) is 3.06. The van der Waals surface area contributed by atoms with Crippen LogP contribution in [0.25, 0.3) is 5.57 Å². The number of halogens is 2. The van der Waals surface area contributed by atoms with Gasteiger partial charge in [0.25, 0.3) is 0 Å². The molecule has 1 nitrogen and oxygen atoms in total. The number of hydrogen-bond donors (Lipinski definition) is 0. The first-order chi connectivity index (χ1) is 10.6. The van der Waals surface area contributed by atoms with Crippen molar-refractivity contribution in [2.45, 2.75) is 20.0 Å². The van der Waals surface area contributed by atoms with E-state index < -0.39 is 13.5 Å². The summed E-state index contributed by atoms with van der Waals surface area (Å²) in [5, 5.41) is 0. The average Bonchev–Trinajstić information content (AvgIpc) is 2.88. The molecule has 0 N–H and O–H groups in total. The van der Waals surface area contributed by atoms with Gasteiger partial charge in [-0.3, -0.25) is 0 Å². The molecule has 0 atom stereocenters. The third-order valence-electron chi connectivity index (χ3n) is 3.41. The molecule has 0 unspecified atom stereocenters. The van der Waals surface area contributed by atoms with Crippen molar-refractivity contribution in [2.75, 3.05) is 0 Å². The zero-order chi connectivity index (χ0) is 15.7. The van der Waals surface area contributed by atoms with E-state index >= 15 is 0 Å². The molecule has 0 heterocycles. The molecule has 0 aromatic heterocycles. The molecule has 1 aliphatic carbocycles. The summed E-state index contributed by atoms with van der Waals surface area (Å²) < 4.78 is 7.01. The fourth-order valence-corrected chi connectivity index (χ4v) is 5.05. The molecule has 0 amide bonds. The summed E-state index contributed by atoms with van der Waals surface area (Å²) in [7, 11) is 12.7. The van der Waals surface area contributed by atoms with E-state index in [9.17, 15) is 0 Å². The van der Waals surface area contributed by atoms with Crippen molar-refractivity contribution in [1.82, 2.24) is 0 Å². The molecule has 2 aromatic carbocycles. The molecule has 22 heavy (non-hydrogen) atoms. The predicted molar refractivity (Wildman–Crippen MR) is 91.5 cm³/mol. The van der Waals surface area contributed by atoms with Gasteiger partial charge in [-0.25, -0.2) is 0 Å². The molecular weight excluding hydrogens is 404 g/mol. The van der Waals surface area contributed by atoms with E-state index in [0.717, 1.165) is 21.0 Å². The van der Waals surface area contributed by atoms with Crippen molar-refractivity contribution in [2.24, 2.45) is 0 Å². The maximum absolute atomic E-state index is 6.34. The molecule has 116 valence electrons. The molecule has 0 saturated heterocycles. The topological polar surface area (TPSA) is 9.23 Å². The average molecular weight is 420 g/mol. The van der Waals surface area contributed by atoms with E-state index in [0.29, 0.717) is 0 Å². The number of rotatable bonds is 3. The van der Waals surface area contributed by atoms with E-state index in [2.05, 4.69) is 24.3 Å². The Bertz CT molecular complexity index is 760. The van der Waals surface area contributed by atoms with Gasteiger partial charge in [-0.1, -0.05) is 0 Å². The molecule has 0 spiro atoms. The summed E-state index contributed by atoms with van der Waals surface area (Å²) in [4.78, 5) is 0. The van der Waals surface area contributed by atoms with Gasteiger partial charge in [0.05, 0.1) is 0 Å². The molecule has 0 saturated carbocycles. The number of hydrogen-bond acceptors (Lipinski definition) is 1. The second kappa shape index (κ2) is 6.66. The van der Waals surface area contributed by atoms with Gasteiger partial charge in [-0.05, 0) is 0 Å². The Labute approximate surface area is 144 Å². The molecule has 2 aromatic rings. The van der Waals surface area contributed by atoms with Crippen molar-refractivity contribution in [3.8, 4) is 5.75 Å². The van der Waals surface area contributed by atoms with Gasteiger partial charge in [0, 0.05) is 0 Å². The second-order valence-corrected chi connectivity index (χ2v) is 11.1. The van der Waals surface area contributed by atoms with Crippen LogP contribution in [-0.2, 0) is 13.5 Å². The van der Waals surface area contributed by atoms with Crippen molar-refractivity contribution < 1.29 is 18.3 Å². The van der Waals surface area contributed by atoms with Crippen molar-refractivity contribution in [3.63, 3.8) is 0 Å². The standard InChI is InChI=1S/C18H16O.2ClH.Ru/c1-13(2)19-18-10-6-9-16-15(11-12-17(16)18)14-7-4-3-5-8-14;;;/h3-11,13H,1-2H3;2*1H;/q;;;+2/p-2. The van der Waals surface area contributed by atoms with Crippen molar-refractivity contribution in [3.05, 3.63) is 71.3 Å². The molecule has 0 aliphatic heterocycles. The Balaban J connectivity index is 2.20. The minimum absolute atomic E-state index is 0.111. The Hall–Kier alpha value is -0.947. The maximum atomic E-state index is 6.34. The van der Waals surface area contributed by atoms with Crippen LogP contribution in [0.1, 0.15) is 30.5 Å². The van der Waals surface area contributed by atoms with Gasteiger partial charge in [-0.2, -0.15) is 0 Å². The number of allylic oxidation sites excluding steroid dienone is 1. The molecule has 0 radical (unpaired) electrons. The van der Waals surface area contributed by atoms with E-state index in [1.54, 1.807) is 0 Å². The van der Waals surface area contributed by atoms with Gasteiger partial charge < -0.3 is 0 Å². The van der Waals surface area contributed by atoms with Crippen molar-refractivity contribution in [1.29, 1.82) is 0 Å². The second-order valence-electron chi connectivity index (χ2n) is 5.29. The van der Waals surface area contributed by atoms with Crippen LogP contribution in [0.3, 0.4) is 0 Å². The van der Waals surface area contributed by atoms with Crippen LogP contribution in [0.5, 0.6) is 5.75 Å². The van der Waals surface area contributed by atoms with Gasteiger partial charge in [0.2, 0.25) is 0 Å². The van der Waals surface area contributed by atoms with E-state index in [4.69, 9.17) is 24.1 Å². The summed E-state index contributed by atoms with van der Waals surface area (Å²) in [5.41, 5.74) is 4.56. The van der Waals surface area contributed by atoms with Crippen LogP contribution in [0.2, 0.25) is 0 Å². The van der Waals surface area contributed by atoms with Crippen LogP contribution >= 0.6 is 19.4 Å². The zero-order valence-electron chi connectivity index (χ0n) is 12.3. The van der Waals surface area contributed by atoms with Crippen LogP contribution in [0.15, 0.2) is 54.6 Å². The van der Waals surface area contributed by atoms with E-state index in [1.165, 1.54) is 11.1 Å². The quantitative estimate of drug-likeness (QED) is 0.607. The first kappa shape index (κ1) is 15.9. The van der Waals surface area contributed by atoms with Crippen molar-refractivity contribution >= 4 is 29.1 Å². The first-order valence-corrected chi connectivity index (χ1v) is 12.4. The summed E-state index contributed by atoms with van der Waals surface area (Å²) in [6.45, 7) is 4.05. The SMILES string of the molecule is CC(C)Oc1cccc2c1[C](=[Ru]([Cl])[Cl])C=C2c1ccccc1. The Kier molecular flexibility index (Phi) is 4.83. The summed E-state index contributed by atoms with van der Waals surface area (Å²) in [5.74, 6) is 0.865. The van der Waals surface area contributed by atoms with Crippen LogP contribution in [0, 0.1) is 0 Å². The Morgan fingerprint density at radius 2 is 1.68 bits per heavy atom. The third-order valence-corrected chi connectivity index (χ3v) is 6.50. The van der Waals surface area contributed by atoms with E-state index in [1.807, 2.05) is 44.2 Å². The van der Waals surface area contributed by atoms with Gasteiger partial charge >= 0.3 is 144 Å². The van der Waals surface area contributed by atoms with Gasteiger partial charge in [0.15, 0.2) is 0 Å². The fourth-order valence-electron chi connectivity index (χ4n) is 2.58. The summed E-state index contributed by atoms with van der Waals surface area (Å²) in [6.07, 6.45) is 2.24. The fraction of sp³-hybridized carbons (Fsp3) is 0.167. The molecule has 4 heteroatoms. The number of benzene rings is 2. The van der Waals surface area contributed by atoms with Crippen LogP contribution < -0.4 is 4.74 Å². The molecule has 3 rings (SSSR count). The zero-order valence-corrected chi connectivity index (χ0v) is 15.5. The molecule has 0 bridgehead atoms. The Morgan fingerprint density at radius 1 is 0.955 bits per heavy atom. The number of ether oxygens (including phenoxy) is 1. The van der Waals surface area contributed by atoms with Crippen LogP contribution in [0.4, 0.5) is 0 Å². The van der Waals surface area contributed by atoms with Crippen LogP contribution in [-0.4, -0.2) is 10.2 Å². The minimum atomic E-state index is -2.04. The number of fused-ring (bicyclic) bond motifs is 1. The summed E-state index contributed by atoms with van der Waals surface area (Å²) in [6, 6.07) is 16.4. The molecular formula is C18H16Cl2ORu. The first-order valence-electron chi connectivity index (χ1n) is 7.02. The molecule has 0 fully saturated rings. The van der Waals surface area contributed by atoms with Gasteiger partial charge in [-0.15, -0.1) is 0 Å². The van der Waals surface area contributed by atoms with E-state index in [-0.39, 0.29) is 6.10 Å². The molecule has 1 aliphatic rings. The van der Waals surface area contributed by atoms with Gasteiger partial charge in [0.1, 0.15) is 0 Å². The predicted octanol–water partition coefficient (Wildman–Crippen LogP) is 5.37.